The summed E-state index contributed by atoms with van der Waals surface area (Å²) in [5.74, 6) is 0.415. The van der Waals surface area contributed by atoms with Gasteiger partial charge in [0.2, 0.25) is 10.0 Å². The number of hydrogen-bond acceptors (Lipinski definition) is 3. The molecule has 25 heavy (non-hydrogen) atoms. The predicted molar refractivity (Wildman–Crippen MR) is 102 cm³/mol. The van der Waals surface area contributed by atoms with Crippen LogP contribution in [0.25, 0.3) is 0 Å². The van der Waals surface area contributed by atoms with Crippen molar-refractivity contribution in [1.82, 2.24) is 9.62 Å². The van der Waals surface area contributed by atoms with E-state index in [1.54, 1.807) is 0 Å². The summed E-state index contributed by atoms with van der Waals surface area (Å²) in [7, 11) is -1.30. The number of benzene rings is 1. The molecule has 1 aliphatic carbocycles. The number of nitrogens with one attached hydrogen (secondary N) is 1. The number of nitrogens with zero attached hydrogens (tertiary/aromatic N) is 1. The second-order valence-corrected chi connectivity index (χ2v) is 10.1. The second kappa shape index (κ2) is 7.01. The van der Waals surface area contributed by atoms with Crippen LogP contribution in [0.15, 0.2) is 17.0 Å². The van der Waals surface area contributed by atoms with Crippen molar-refractivity contribution >= 4 is 10.0 Å². The minimum Gasteiger partial charge on any atom is -0.305 e. The molecule has 4 nitrogen and oxygen atoms in total. The fourth-order valence-corrected chi connectivity index (χ4v) is 6.81. The van der Waals surface area contributed by atoms with Crippen LogP contribution in [0.1, 0.15) is 48.8 Å². The summed E-state index contributed by atoms with van der Waals surface area (Å²) in [6.45, 7) is 8.45. The van der Waals surface area contributed by atoms with Crippen molar-refractivity contribution in [2.45, 2.75) is 57.8 Å². The molecule has 0 bridgehead atoms. The van der Waals surface area contributed by atoms with Crippen LogP contribution < -0.4 is 4.72 Å². The fraction of sp³-hybridized carbons (Fsp3) is 0.700. The summed E-state index contributed by atoms with van der Waals surface area (Å²) in [6.07, 6.45) is 6.38. The molecule has 1 aromatic rings. The van der Waals surface area contributed by atoms with Crippen LogP contribution in [0.5, 0.6) is 0 Å². The summed E-state index contributed by atoms with van der Waals surface area (Å²) in [4.78, 5) is 2.84. The number of sulfonamides is 1. The van der Waals surface area contributed by atoms with E-state index < -0.39 is 10.0 Å². The van der Waals surface area contributed by atoms with Crippen molar-refractivity contribution in [3.05, 3.63) is 28.8 Å². The highest BCUT2D eigenvalue weighted by Crippen LogP contribution is 2.47. The lowest BCUT2D eigenvalue weighted by Crippen LogP contribution is -2.40. The van der Waals surface area contributed by atoms with Gasteiger partial charge in [-0.2, -0.15) is 0 Å². The van der Waals surface area contributed by atoms with E-state index in [4.69, 9.17) is 0 Å². The van der Waals surface area contributed by atoms with Gasteiger partial charge in [-0.05, 0) is 63.1 Å². The maximum atomic E-state index is 13.0. The fourth-order valence-electron chi connectivity index (χ4n) is 5.28. The first kappa shape index (κ1) is 18.9. The molecule has 5 heteroatoms. The maximum absolute atomic E-state index is 13.0. The van der Waals surface area contributed by atoms with Crippen LogP contribution in [-0.2, 0) is 10.0 Å². The first-order valence-electron chi connectivity index (χ1n) is 9.50. The van der Waals surface area contributed by atoms with Gasteiger partial charge >= 0.3 is 0 Å². The minimum absolute atomic E-state index is 0.312. The van der Waals surface area contributed by atoms with E-state index >= 15 is 0 Å². The molecule has 0 radical (unpaired) electrons. The van der Waals surface area contributed by atoms with Gasteiger partial charge < -0.3 is 4.90 Å². The zero-order valence-electron chi connectivity index (χ0n) is 16.1. The molecule has 3 rings (SSSR count). The Balaban J connectivity index is 1.78. The number of aryl methyl sites for hydroxylation is 3. The van der Waals surface area contributed by atoms with E-state index in [1.165, 1.54) is 32.1 Å². The van der Waals surface area contributed by atoms with Crippen LogP contribution in [0.2, 0.25) is 0 Å². The molecule has 1 aromatic carbocycles. The Morgan fingerprint density at radius 2 is 1.72 bits per heavy atom. The van der Waals surface area contributed by atoms with Crippen LogP contribution >= 0.6 is 0 Å². The lowest BCUT2D eigenvalue weighted by Gasteiger charge is -2.38. The van der Waals surface area contributed by atoms with Crippen LogP contribution in [0.4, 0.5) is 0 Å². The summed E-state index contributed by atoms with van der Waals surface area (Å²) in [5, 5.41) is 0. The summed E-state index contributed by atoms with van der Waals surface area (Å²) in [5.41, 5.74) is 3.08. The Hall–Kier alpha value is -0.910. The molecule has 0 amide bonds. The molecule has 1 saturated carbocycles. The van der Waals surface area contributed by atoms with Gasteiger partial charge in [0.05, 0.1) is 4.90 Å². The molecule has 1 heterocycles. The molecular weight excluding hydrogens is 332 g/mol. The van der Waals surface area contributed by atoms with Crippen molar-refractivity contribution in [3.8, 4) is 0 Å². The van der Waals surface area contributed by atoms with Gasteiger partial charge in [-0.3, -0.25) is 0 Å². The van der Waals surface area contributed by atoms with E-state index in [0.717, 1.165) is 29.8 Å². The van der Waals surface area contributed by atoms with Gasteiger partial charge in [0, 0.05) is 19.6 Å². The lowest BCUT2D eigenvalue weighted by molar-refractivity contribution is 0.144. The SMILES string of the molecule is Cc1cc(C)c(S(=O)(=O)NCC2CN(C)CC23CCCCC3)c(C)c1. The van der Waals surface area contributed by atoms with Gasteiger partial charge in [-0.25, -0.2) is 13.1 Å². The molecule has 1 N–H and O–H groups in total. The molecule has 1 unspecified atom stereocenters. The smallest absolute Gasteiger partial charge is 0.241 e. The molecule has 140 valence electrons. The highest BCUT2D eigenvalue weighted by molar-refractivity contribution is 7.89. The molecule has 1 aliphatic heterocycles. The van der Waals surface area contributed by atoms with Crippen molar-refractivity contribution in [3.63, 3.8) is 0 Å². The Morgan fingerprint density at radius 3 is 2.32 bits per heavy atom. The predicted octanol–water partition coefficient (Wildman–Crippen LogP) is 3.40. The Bertz CT molecular complexity index is 713. The average molecular weight is 365 g/mol. The molecular formula is C20H32N2O2S. The molecule has 0 aromatic heterocycles. The first-order valence-corrected chi connectivity index (χ1v) is 11.0. The topological polar surface area (TPSA) is 49.4 Å². The second-order valence-electron chi connectivity index (χ2n) is 8.40. The van der Waals surface area contributed by atoms with Crippen LogP contribution in [0, 0.1) is 32.1 Å². The van der Waals surface area contributed by atoms with Crippen LogP contribution in [0.3, 0.4) is 0 Å². The van der Waals surface area contributed by atoms with Crippen molar-refractivity contribution in [1.29, 1.82) is 0 Å². The zero-order chi connectivity index (χ0) is 18.2. The van der Waals surface area contributed by atoms with Gasteiger partial charge in [0.1, 0.15) is 0 Å². The monoisotopic (exact) mass is 364 g/mol. The average Bonchev–Trinajstić information content (AvgIpc) is 2.80. The maximum Gasteiger partial charge on any atom is 0.241 e. The third kappa shape index (κ3) is 3.79. The number of hydrogen-bond donors (Lipinski definition) is 1. The standard InChI is InChI=1S/C20H32N2O2S/c1-15-10-16(2)19(17(3)11-15)25(23,24)21-12-18-13-22(4)14-20(18)8-6-5-7-9-20/h10-11,18,21H,5-9,12-14H2,1-4H3. The molecule has 1 saturated heterocycles. The van der Waals surface area contributed by atoms with E-state index in [0.29, 0.717) is 22.8 Å². The van der Waals surface area contributed by atoms with Gasteiger partial charge in [0.25, 0.3) is 0 Å². The highest BCUT2D eigenvalue weighted by Gasteiger charge is 2.45. The Labute approximate surface area is 153 Å². The van der Waals surface area contributed by atoms with Gasteiger partial charge in [0.15, 0.2) is 0 Å². The minimum atomic E-state index is -3.47. The molecule has 1 atom stereocenters. The van der Waals surface area contributed by atoms with Crippen molar-refractivity contribution < 1.29 is 8.42 Å². The Morgan fingerprint density at radius 1 is 1.12 bits per heavy atom. The largest absolute Gasteiger partial charge is 0.305 e. The molecule has 1 spiro atoms. The summed E-state index contributed by atoms with van der Waals surface area (Å²) < 4.78 is 28.9. The third-order valence-corrected chi connectivity index (χ3v) is 7.95. The summed E-state index contributed by atoms with van der Waals surface area (Å²) in [6, 6.07) is 3.90. The summed E-state index contributed by atoms with van der Waals surface area (Å²) >= 11 is 0. The van der Waals surface area contributed by atoms with E-state index in [2.05, 4.69) is 16.7 Å². The quantitative estimate of drug-likeness (QED) is 0.891. The number of rotatable bonds is 4. The molecule has 2 aliphatic rings. The number of likely N-dealkylation sites (tertiary alicyclic amines) is 1. The van der Waals surface area contributed by atoms with Gasteiger partial charge in [-0.15, -0.1) is 0 Å². The normalized spacial score (nSPS) is 24.1. The first-order chi connectivity index (χ1) is 11.7. The lowest BCUT2D eigenvalue weighted by atomic mass is 9.68. The highest BCUT2D eigenvalue weighted by atomic mass is 32.2. The third-order valence-electron chi connectivity index (χ3n) is 6.23. The van der Waals surface area contributed by atoms with Crippen LogP contribution in [-0.4, -0.2) is 40.0 Å². The van der Waals surface area contributed by atoms with E-state index in [1.807, 2.05) is 32.9 Å². The van der Waals surface area contributed by atoms with Crippen molar-refractivity contribution in [2.24, 2.45) is 11.3 Å². The molecule has 2 fully saturated rings. The van der Waals surface area contributed by atoms with Crippen molar-refractivity contribution in [2.75, 3.05) is 26.7 Å². The van der Waals surface area contributed by atoms with Gasteiger partial charge in [-0.1, -0.05) is 37.0 Å². The van der Waals surface area contributed by atoms with E-state index in [9.17, 15) is 8.42 Å². The zero-order valence-corrected chi connectivity index (χ0v) is 16.9. The Kier molecular flexibility index (Phi) is 5.29. The van der Waals surface area contributed by atoms with E-state index in [-0.39, 0.29) is 0 Å².